The number of nitrogens with one attached hydrogen (secondary N) is 1. The van der Waals surface area contributed by atoms with Gasteiger partial charge in [-0.15, -0.1) is 21.5 Å². The Kier molecular flexibility index (Phi) is 8.16. The van der Waals surface area contributed by atoms with Gasteiger partial charge in [0, 0.05) is 24.4 Å². The van der Waals surface area contributed by atoms with Crippen molar-refractivity contribution < 1.29 is 9.53 Å². The zero-order valence-corrected chi connectivity index (χ0v) is 20.1. The number of rotatable bonds is 11. The minimum absolute atomic E-state index is 0.0414. The Bertz CT molecular complexity index is 1160. The van der Waals surface area contributed by atoms with Gasteiger partial charge in [0.25, 0.3) is 0 Å². The van der Waals surface area contributed by atoms with E-state index in [1.807, 2.05) is 36.4 Å². The summed E-state index contributed by atoms with van der Waals surface area (Å²) in [5.74, 6) is 1.95. The molecule has 2 heterocycles. The average Bonchev–Trinajstić information content (AvgIpc) is 3.51. The Morgan fingerprint density at radius 3 is 2.70 bits per heavy atom. The van der Waals surface area contributed by atoms with Gasteiger partial charge in [-0.25, -0.2) is 0 Å². The molecule has 0 saturated heterocycles. The molecule has 0 bridgehead atoms. The molecule has 1 N–H and O–H groups in total. The molecule has 0 atom stereocenters. The van der Waals surface area contributed by atoms with Gasteiger partial charge in [0.15, 0.2) is 5.16 Å². The highest BCUT2D eigenvalue weighted by atomic mass is 32.2. The van der Waals surface area contributed by atoms with Crippen LogP contribution in [0.4, 0.5) is 0 Å². The largest absolute Gasteiger partial charge is 0.497 e. The number of hydrogen-bond donors (Lipinski definition) is 1. The van der Waals surface area contributed by atoms with Crippen LogP contribution in [0.3, 0.4) is 0 Å². The van der Waals surface area contributed by atoms with Crippen LogP contribution in [0.5, 0.6) is 5.75 Å². The lowest BCUT2D eigenvalue weighted by atomic mass is 10.1. The van der Waals surface area contributed by atoms with Crippen LogP contribution in [0.2, 0.25) is 0 Å². The van der Waals surface area contributed by atoms with E-state index in [2.05, 4.69) is 55.8 Å². The first-order valence-corrected chi connectivity index (χ1v) is 12.6. The first kappa shape index (κ1) is 23.1. The monoisotopic (exact) mass is 478 g/mol. The number of aryl methyl sites for hydroxylation is 1. The third-order valence-corrected chi connectivity index (χ3v) is 6.97. The van der Waals surface area contributed by atoms with E-state index in [1.165, 1.54) is 22.2 Å². The zero-order valence-electron chi connectivity index (χ0n) is 18.4. The molecule has 0 saturated carbocycles. The Hall–Kier alpha value is -3.10. The maximum absolute atomic E-state index is 12.5. The maximum atomic E-state index is 12.5. The summed E-state index contributed by atoms with van der Waals surface area (Å²) in [5, 5.41) is 14.7. The van der Waals surface area contributed by atoms with Crippen LogP contribution in [0.15, 0.2) is 77.3 Å². The van der Waals surface area contributed by atoms with Crippen molar-refractivity contribution in [1.82, 2.24) is 20.1 Å². The highest BCUT2D eigenvalue weighted by molar-refractivity contribution is 7.99. The zero-order chi connectivity index (χ0) is 22.9. The minimum Gasteiger partial charge on any atom is -0.497 e. The average molecular weight is 479 g/mol. The molecule has 0 aliphatic heterocycles. The summed E-state index contributed by atoms with van der Waals surface area (Å²) >= 11 is 3.14. The number of ether oxygens (including phenoxy) is 1. The van der Waals surface area contributed by atoms with Crippen LogP contribution in [-0.4, -0.2) is 33.5 Å². The molecule has 0 radical (unpaired) electrons. The Balaban J connectivity index is 1.39. The van der Waals surface area contributed by atoms with Crippen LogP contribution in [0.25, 0.3) is 0 Å². The number of amides is 1. The molecular formula is C25H26N4O2S2. The number of benzene rings is 2. The van der Waals surface area contributed by atoms with Crippen LogP contribution in [0, 0.1) is 0 Å². The molecule has 33 heavy (non-hydrogen) atoms. The van der Waals surface area contributed by atoms with Crippen molar-refractivity contribution in [2.45, 2.75) is 31.1 Å². The highest BCUT2D eigenvalue weighted by Gasteiger charge is 2.15. The van der Waals surface area contributed by atoms with Gasteiger partial charge < -0.3 is 14.6 Å². The molecule has 0 fully saturated rings. The third-order valence-electron chi connectivity index (χ3n) is 5.13. The number of methoxy groups -OCH3 is 1. The Labute approximate surface area is 202 Å². The molecule has 8 heteroatoms. The van der Waals surface area contributed by atoms with E-state index in [-0.39, 0.29) is 11.7 Å². The SMILES string of the molecule is COc1cccc(CNC(=O)CSc2nnc(Cc3cccs3)n2CCc2ccccc2)c1. The highest BCUT2D eigenvalue weighted by Crippen LogP contribution is 2.21. The van der Waals surface area contributed by atoms with Gasteiger partial charge in [0.1, 0.15) is 11.6 Å². The van der Waals surface area contributed by atoms with E-state index in [0.717, 1.165) is 41.7 Å². The molecule has 0 aliphatic rings. The number of hydrogen-bond acceptors (Lipinski definition) is 6. The predicted molar refractivity (Wildman–Crippen MR) is 133 cm³/mol. The van der Waals surface area contributed by atoms with Gasteiger partial charge in [0.05, 0.1) is 12.9 Å². The molecule has 2 aromatic heterocycles. The topological polar surface area (TPSA) is 69.0 Å². The fourth-order valence-electron chi connectivity index (χ4n) is 3.40. The Morgan fingerprint density at radius 2 is 1.91 bits per heavy atom. The van der Waals surface area contributed by atoms with Gasteiger partial charge >= 0.3 is 0 Å². The van der Waals surface area contributed by atoms with Gasteiger partial charge in [-0.05, 0) is 41.1 Å². The summed E-state index contributed by atoms with van der Waals surface area (Å²) in [7, 11) is 1.63. The summed E-state index contributed by atoms with van der Waals surface area (Å²) in [6.07, 6.45) is 1.62. The summed E-state index contributed by atoms with van der Waals surface area (Å²) in [6.45, 7) is 1.23. The lowest BCUT2D eigenvalue weighted by molar-refractivity contribution is -0.118. The van der Waals surface area contributed by atoms with E-state index in [0.29, 0.717) is 6.54 Å². The lowest BCUT2D eigenvalue weighted by Gasteiger charge is -2.10. The molecule has 1 amide bonds. The van der Waals surface area contributed by atoms with E-state index in [9.17, 15) is 4.79 Å². The van der Waals surface area contributed by atoms with Crippen molar-refractivity contribution in [3.05, 3.63) is 93.9 Å². The van der Waals surface area contributed by atoms with E-state index >= 15 is 0 Å². The number of thiophene rings is 1. The van der Waals surface area contributed by atoms with Crippen molar-refractivity contribution >= 4 is 29.0 Å². The second-order valence-electron chi connectivity index (χ2n) is 7.46. The predicted octanol–water partition coefficient (Wildman–Crippen LogP) is 4.59. The van der Waals surface area contributed by atoms with Crippen molar-refractivity contribution in [3.8, 4) is 5.75 Å². The summed E-state index contributed by atoms with van der Waals surface area (Å²) in [5.41, 5.74) is 2.26. The molecule has 4 aromatic rings. The third kappa shape index (κ3) is 6.69. The Morgan fingerprint density at radius 1 is 1.06 bits per heavy atom. The second-order valence-corrected chi connectivity index (χ2v) is 9.43. The number of thioether (sulfide) groups is 1. The van der Waals surface area contributed by atoms with Crippen molar-refractivity contribution in [1.29, 1.82) is 0 Å². The maximum Gasteiger partial charge on any atom is 0.230 e. The van der Waals surface area contributed by atoms with Crippen LogP contribution in [-0.2, 0) is 30.7 Å². The van der Waals surface area contributed by atoms with Crippen molar-refractivity contribution in [2.24, 2.45) is 0 Å². The standard InChI is InChI=1S/C25H26N4O2S2/c1-31-21-10-5-9-20(15-21)17-26-24(30)18-33-25-28-27-23(16-22-11-6-14-32-22)29(25)13-12-19-7-3-2-4-8-19/h2-11,14-15H,12-13,16-18H2,1H3,(H,26,30). The van der Waals surface area contributed by atoms with E-state index < -0.39 is 0 Å². The normalized spacial score (nSPS) is 10.8. The van der Waals surface area contributed by atoms with Gasteiger partial charge in [-0.1, -0.05) is 60.3 Å². The number of nitrogens with zero attached hydrogens (tertiary/aromatic N) is 3. The van der Waals surface area contributed by atoms with Gasteiger partial charge in [0.2, 0.25) is 5.91 Å². The molecule has 0 spiro atoms. The smallest absolute Gasteiger partial charge is 0.230 e. The molecule has 6 nitrogen and oxygen atoms in total. The fourth-order valence-corrected chi connectivity index (χ4v) is 4.91. The van der Waals surface area contributed by atoms with Gasteiger partial charge in [-0.2, -0.15) is 0 Å². The van der Waals surface area contributed by atoms with E-state index in [4.69, 9.17) is 4.74 Å². The quantitative estimate of drug-likeness (QED) is 0.319. The van der Waals surface area contributed by atoms with Crippen LogP contribution >= 0.6 is 23.1 Å². The summed E-state index contributed by atoms with van der Waals surface area (Å²) in [4.78, 5) is 13.7. The number of carbonyl (C=O) groups excluding carboxylic acids is 1. The molecular weight excluding hydrogens is 452 g/mol. The first-order chi connectivity index (χ1) is 16.2. The van der Waals surface area contributed by atoms with E-state index in [1.54, 1.807) is 18.4 Å². The van der Waals surface area contributed by atoms with Crippen molar-refractivity contribution in [3.63, 3.8) is 0 Å². The molecule has 4 rings (SSSR count). The van der Waals surface area contributed by atoms with Gasteiger partial charge in [-0.3, -0.25) is 4.79 Å². The van der Waals surface area contributed by atoms with Crippen LogP contribution < -0.4 is 10.1 Å². The number of carbonyl (C=O) groups is 1. The fraction of sp³-hybridized carbons (Fsp3) is 0.240. The lowest BCUT2D eigenvalue weighted by Crippen LogP contribution is -2.24. The second kappa shape index (κ2) is 11.7. The molecule has 170 valence electrons. The molecule has 0 unspecified atom stereocenters. The molecule has 0 aliphatic carbocycles. The first-order valence-electron chi connectivity index (χ1n) is 10.7. The minimum atomic E-state index is -0.0414. The molecule has 2 aromatic carbocycles. The van der Waals surface area contributed by atoms with Crippen molar-refractivity contribution in [2.75, 3.05) is 12.9 Å². The number of aromatic nitrogens is 3. The summed E-state index contributed by atoms with van der Waals surface area (Å²) < 4.78 is 7.39. The summed E-state index contributed by atoms with van der Waals surface area (Å²) in [6, 6.07) is 22.2. The van der Waals surface area contributed by atoms with Crippen LogP contribution in [0.1, 0.15) is 21.8 Å².